The molecule has 31 heavy (non-hydrogen) atoms. The lowest BCUT2D eigenvalue weighted by molar-refractivity contribution is -0.136. The minimum Gasteiger partial charge on any atom is -0.494 e. The fraction of sp³-hybridized carbons (Fsp3) is 0.364. The molecule has 168 valence electrons. The highest BCUT2D eigenvalue weighted by Gasteiger charge is 2.21. The van der Waals surface area contributed by atoms with Crippen LogP contribution in [0.3, 0.4) is 0 Å². The molecule has 0 heterocycles. The number of nitrogens with one attached hydrogen (secondary N) is 2. The topological polar surface area (TPSA) is 105 Å². The van der Waals surface area contributed by atoms with Crippen LogP contribution in [0.5, 0.6) is 5.75 Å². The van der Waals surface area contributed by atoms with Crippen LogP contribution in [-0.4, -0.2) is 50.8 Å². The van der Waals surface area contributed by atoms with Crippen molar-refractivity contribution in [2.45, 2.75) is 32.1 Å². The van der Waals surface area contributed by atoms with E-state index in [9.17, 15) is 18.0 Å². The van der Waals surface area contributed by atoms with E-state index in [-0.39, 0.29) is 11.4 Å². The first kappa shape index (κ1) is 24.4. The van der Waals surface area contributed by atoms with E-state index in [0.717, 1.165) is 5.56 Å². The summed E-state index contributed by atoms with van der Waals surface area (Å²) in [7, 11) is -3.50. The van der Waals surface area contributed by atoms with Gasteiger partial charge in [-0.15, -0.1) is 0 Å². The van der Waals surface area contributed by atoms with Gasteiger partial charge in [-0.1, -0.05) is 26.0 Å². The largest absolute Gasteiger partial charge is 0.494 e. The van der Waals surface area contributed by atoms with Gasteiger partial charge in [0.05, 0.1) is 11.5 Å². The lowest BCUT2D eigenvalue weighted by Crippen LogP contribution is -2.36. The third-order valence-electron chi connectivity index (χ3n) is 4.60. The molecule has 0 bridgehead atoms. The maximum atomic E-state index is 12.5. The third-order valence-corrected chi connectivity index (χ3v) is 6.66. The minimum atomic E-state index is -3.50. The number of nitrogens with zero attached hydrogens (tertiary/aromatic N) is 1. The Morgan fingerprint density at radius 1 is 0.903 bits per heavy atom. The van der Waals surface area contributed by atoms with Crippen LogP contribution in [0.1, 0.15) is 26.3 Å². The van der Waals surface area contributed by atoms with Gasteiger partial charge in [0, 0.05) is 25.3 Å². The quantitative estimate of drug-likeness (QED) is 0.544. The zero-order valence-corrected chi connectivity index (χ0v) is 18.9. The van der Waals surface area contributed by atoms with Gasteiger partial charge in [0.1, 0.15) is 5.75 Å². The van der Waals surface area contributed by atoms with Gasteiger partial charge < -0.3 is 15.4 Å². The summed E-state index contributed by atoms with van der Waals surface area (Å²) in [5.41, 5.74) is 1.35. The molecule has 0 fully saturated rings. The number of ether oxygens (including phenoxy) is 1. The monoisotopic (exact) mass is 447 g/mol. The first-order chi connectivity index (χ1) is 14.8. The maximum absolute atomic E-state index is 12.5. The summed E-state index contributed by atoms with van der Waals surface area (Å²) in [5.74, 6) is -0.819. The first-order valence-corrected chi connectivity index (χ1v) is 11.7. The average Bonchev–Trinajstić information content (AvgIpc) is 2.76. The Hall–Kier alpha value is -2.91. The lowest BCUT2D eigenvalue weighted by Gasteiger charge is -2.18. The minimum absolute atomic E-state index is 0.235. The van der Waals surface area contributed by atoms with Crippen LogP contribution in [0.2, 0.25) is 0 Å². The Labute approximate surface area is 183 Å². The normalized spacial score (nSPS) is 11.2. The number of sulfonamides is 1. The van der Waals surface area contributed by atoms with Gasteiger partial charge >= 0.3 is 11.8 Å². The van der Waals surface area contributed by atoms with Crippen molar-refractivity contribution in [2.24, 2.45) is 0 Å². The lowest BCUT2D eigenvalue weighted by atomic mass is 10.1. The predicted molar refractivity (Wildman–Crippen MR) is 120 cm³/mol. The summed E-state index contributed by atoms with van der Waals surface area (Å²) in [6.45, 7) is 7.08. The van der Waals surface area contributed by atoms with Crippen molar-refractivity contribution in [3.63, 3.8) is 0 Å². The van der Waals surface area contributed by atoms with E-state index in [1.54, 1.807) is 62.4 Å². The molecular weight excluding hydrogens is 418 g/mol. The van der Waals surface area contributed by atoms with Crippen molar-refractivity contribution >= 4 is 27.5 Å². The van der Waals surface area contributed by atoms with E-state index >= 15 is 0 Å². The molecule has 2 aromatic carbocycles. The van der Waals surface area contributed by atoms with Gasteiger partial charge in [-0.2, -0.15) is 4.31 Å². The Bertz CT molecular complexity index is 969. The molecule has 2 N–H and O–H groups in total. The highest BCUT2D eigenvalue weighted by atomic mass is 32.2. The summed E-state index contributed by atoms with van der Waals surface area (Å²) in [6.07, 6.45) is 0.466. The van der Waals surface area contributed by atoms with E-state index in [0.29, 0.717) is 37.6 Å². The fourth-order valence-corrected chi connectivity index (χ4v) is 4.39. The molecule has 0 unspecified atom stereocenters. The molecule has 8 nitrogen and oxygen atoms in total. The van der Waals surface area contributed by atoms with Crippen LogP contribution in [-0.2, 0) is 26.0 Å². The molecule has 0 aliphatic carbocycles. The number of benzene rings is 2. The average molecular weight is 448 g/mol. The summed E-state index contributed by atoms with van der Waals surface area (Å²) in [4.78, 5) is 24.3. The standard InChI is InChI=1S/C22H29N3O5S/c1-4-25(5-2)31(28,29)20-13-7-17(8-14-20)15-16-23-21(26)22(27)24-18-9-11-19(12-10-18)30-6-3/h7-14H,4-6,15-16H2,1-3H3,(H,23,26)(H,24,27). The van der Waals surface area contributed by atoms with E-state index < -0.39 is 21.8 Å². The van der Waals surface area contributed by atoms with Gasteiger partial charge in [-0.05, 0) is 55.3 Å². The second kappa shape index (κ2) is 11.5. The Morgan fingerprint density at radius 3 is 2.06 bits per heavy atom. The molecule has 2 aromatic rings. The molecule has 0 aromatic heterocycles. The molecule has 0 radical (unpaired) electrons. The first-order valence-electron chi connectivity index (χ1n) is 10.2. The summed E-state index contributed by atoms with van der Waals surface area (Å²) in [5, 5.41) is 5.09. The van der Waals surface area contributed by atoms with E-state index in [2.05, 4.69) is 10.6 Å². The van der Waals surface area contributed by atoms with Gasteiger partial charge in [-0.25, -0.2) is 8.42 Å². The van der Waals surface area contributed by atoms with Gasteiger partial charge in [0.2, 0.25) is 10.0 Å². The second-order valence-corrected chi connectivity index (χ2v) is 8.59. The van der Waals surface area contributed by atoms with Gasteiger partial charge in [0.15, 0.2) is 0 Å². The smallest absolute Gasteiger partial charge is 0.313 e. The molecule has 0 aliphatic heterocycles. The highest BCUT2D eigenvalue weighted by Crippen LogP contribution is 2.17. The van der Waals surface area contributed by atoms with Crippen LogP contribution in [0, 0.1) is 0 Å². The molecule has 2 amide bonds. The molecule has 0 saturated carbocycles. The second-order valence-electron chi connectivity index (χ2n) is 6.65. The van der Waals surface area contributed by atoms with Gasteiger partial charge in [-0.3, -0.25) is 9.59 Å². The van der Waals surface area contributed by atoms with E-state index in [1.807, 2.05) is 6.92 Å². The van der Waals surface area contributed by atoms with Crippen LogP contribution in [0.25, 0.3) is 0 Å². The van der Waals surface area contributed by atoms with Crippen molar-refractivity contribution in [3.05, 3.63) is 54.1 Å². The number of rotatable bonds is 10. The summed E-state index contributed by atoms with van der Waals surface area (Å²) in [6, 6.07) is 13.3. The van der Waals surface area contributed by atoms with Crippen molar-refractivity contribution in [1.29, 1.82) is 0 Å². The summed E-state index contributed by atoms with van der Waals surface area (Å²) >= 11 is 0. The number of carbonyl (C=O) groups excluding carboxylic acids is 2. The molecule has 9 heteroatoms. The number of carbonyl (C=O) groups is 2. The van der Waals surface area contributed by atoms with Crippen LogP contribution < -0.4 is 15.4 Å². The zero-order valence-electron chi connectivity index (χ0n) is 18.1. The van der Waals surface area contributed by atoms with Gasteiger partial charge in [0.25, 0.3) is 0 Å². The maximum Gasteiger partial charge on any atom is 0.313 e. The van der Waals surface area contributed by atoms with Crippen LogP contribution >= 0.6 is 0 Å². The molecule has 0 spiro atoms. The Balaban J connectivity index is 1.84. The summed E-state index contributed by atoms with van der Waals surface area (Å²) < 4.78 is 31.7. The highest BCUT2D eigenvalue weighted by molar-refractivity contribution is 7.89. The number of amides is 2. The van der Waals surface area contributed by atoms with Crippen molar-refractivity contribution in [1.82, 2.24) is 9.62 Å². The number of hydrogen-bond donors (Lipinski definition) is 2. The molecule has 2 rings (SSSR count). The molecular formula is C22H29N3O5S. The number of hydrogen-bond acceptors (Lipinski definition) is 5. The Kier molecular flexibility index (Phi) is 9.02. The Morgan fingerprint density at radius 2 is 1.52 bits per heavy atom. The fourth-order valence-electron chi connectivity index (χ4n) is 2.93. The predicted octanol–water partition coefficient (Wildman–Crippen LogP) is 2.41. The van der Waals surface area contributed by atoms with Crippen molar-refractivity contribution < 1.29 is 22.7 Å². The van der Waals surface area contributed by atoms with E-state index in [4.69, 9.17) is 4.74 Å². The SMILES string of the molecule is CCOc1ccc(NC(=O)C(=O)NCCc2ccc(S(=O)(=O)N(CC)CC)cc2)cc1. The molecule has 0 aliphatic rings. The number of anilines is 1. The van der Waals surface area contributed by atoms with E-state index in [1.165, 1.54) is 4.31 Å². The third kappa shape index (κ3) is 6.80. The molecule has 0 atom stereocenters. The molecule has 0 saturated heterocycles. The van der Waals surface area contributed by atoms with Crippen molar-refractivity contribution in [2.75, 3.05) is 31.6 Å². The van der Waals surface area contributed by atoms with Crippen molar-refractivity contribution in [3.8, 4) is 5.75 Å². The van der Waals surface area contributed by atoms with Crippen LogP contribution in [0.4, 0.5) is 5.69 Å². The zero-order chi connectivity index (χ0) is 22.9. The van der Waals surface area contributed by atoms with Crippen LogP contribution in [0.15, 0.2) is 53.4 Å².